The highest BCUT2D eigenvalue weighted by Crippen LogP contribution is 2.26. The van der Waals surface area contributed by atoms with Gasteiger partial charge in [-0.1, -0.05) is 19.9 Å². The Labute approximate surface area is 114 Å². The number of aliphatic carboxylic acids is 1. The Kier molecular flexibility index (Phi) is 4.51. The van der Waals surface area contributed by atoms with Crippen LogP contribution in [0.15, 0.2) is 6.07 Å². The van der Waals surface area contributed by atoms with E-state index >= 15 is 0 Å². The van der Waals surface area contributed by atoms with Crippen LogP contribution in [0.25, 0.3) is 0 Å². The van der Waals surface area contributed by atoms with E-state index in [9.17, 15) is 9.59 Å². The average Bonchev–Trinajstić information content (AvgIpc) is 2.34. The summed E-state index contributed by atoms with van der Waals surface area (Å²) < 4.78 is 0. The number of ketones is 1. The molecule has 0 fully saturated rings. The van der Waals surface area contributed by atoms with Gasteiger partial charge in [0.2, 0.25) is 0 Å². The molecule has 0 aliphatic carbocycles. The van der Waals surface area contributed by atoms with E-state index in [4.69, 9.17) is 5.11 Å². The summed E-state index contributed by atoms with van der Waals surface area (Å²) in [6.45, 7) is 11.1. The first-order valence-corrected chi connectivity index (χ1v) is 6.52. The Hall–Kier alpha value is -1.64. The first kappa shape index (κ1) is 15.4. The molecule has 2 atom stereocenters. The third-order valence-corrected chi connectivity index (χ3v) is 4.17. The Bertz CT molecular complexity index is 503. The molecule has 0 heterocycles. The van der Waals surface area contributed by atoms with Crippen LogP contribution in [-0.4, -0.2) is 16.9 Å². The van der Waals surface area contributed by atoms with Crippen molar-refractivity contribution in [2.45, 2.75) is 41.5 Å². The zero-order chi connectivity index (χ0) is 14.9. The van der Waals surface area contributed by atoms with E-state index in [1.54, 1.807) is 13.8 Å². The van der Waals surface area contributed by atoms with Crippen molar-refractivity contribution in [2.75, 3.05) is 0 Å². The fraction of sp³-hybridized carbons (Fsp3) is 0.500. The average molecular weight is 262 g/mol. The summed E-state index contributed by atoms with van der Waals surface area (Å²) in [5.74, 6) is -2.19. The zero-order valence-electron chi connectivity index (χ0n) is 12.5. The maximum Gasteiger partial charge on any atom is 0.306 e. The standard InChI is InChI=1S/C16H22O3/c1-8-7-9(2)11(4)14(10(8)3)15(17)12(5)13(6)16(18)19/h7,12-13H,1-6H3,(H,18,19). The van der Waals surface area contributed by atoms with Crippen LogP contribution < -0.4 is 0 Å². The number of carboxylic acids is 1. The number of aryl methyl sites for hydroxylation is 2. The Morgan fingerprint density at radius 3 is 1.74 bits per heavy atom. The van der Waals surface area contributed by atoms with Crippen molar-refractivity contribution in [2.24, 2.45) is 11.8 Å². The fourth-order valence-corrected chi connectivity index (χ4v) is 2.26. The van der Waals surface area contributed by atoms with E-state index in [0.717, 1.165) is 22.3 Å². The number of carbonyl (C=O) groups is 2. The summed E-state index contributed by atoms with van der Waals surface area (Å²) in [7, 11) is 0. The smallest absolute Gasteiger partial charge is 0.306 e. The Morgan fingerprint density at radius 1 is 0.947 bits per heavy atom. The van der Waals surface area contributed by atoms with Gasteiger partial charge < -0.3 is 5.11 Å². The number of rotatable bonds is 4. The van der Waals surface area contributed by atoms with Crippen molar-refractivity contribution in [1.82, 2.24) is 0 Å². The molecule has 0 radical (unpaired) electrons. The van der Waals surface area contributed by atoms with Gasteiger partial charge in [-0.3, -0.25) is 9.59 Å². The normalized spacial score (nSPS) is 14.0. The lowest BCUT2D eigenvalue weighted by atomic mass is 9.83. The van der Waals surface area contributed by atoms with Crippen LogP contribution in [0, 0.1) is 39.5 Å². The molecule has 0 saturated carbocycles. The molecule has 0 amide bonds. The molecule has 0 aromatic heterocycles. The van der Waals surface area contributed by atoms with Crippen molar-refractivity contribution in [1.29, 1.82) is 0 Å². The van der Waals surface area contributed by atoms with Crippen LogP contribution in [0.4, 0.5) is 0 Å². The zero-order valence-corrected chi connectivity index (χ0v) is 12.5. The number of carboxylic acid groups (broad SMARTS) is 1. The molecular weight excluding hydrogens is 240 g/mol. The molecule has 0 spiro atoms. The largest absolute Gasteiger partial charge is 0.481 e. The summed E-state index contributed by atoms with van der Waals surface area (Å²) in [6, 6.07) is 2.06. The second-order valence-electron chi connectivity index (χ2n) is 5.42. The van der Waals surface area contributed by atoms with Gasteiger partial charge in [0.15, 0.2) is 5.78 Å². The van der Waals surface area contributed by atoms with Crippen LogP contribution in [-0.2, 0) is 4.79 Å². The van der Waals surface area contributed by atoms with E-state index in [0.29, 0.717) is 5.56 Å². The quantitative estimate of drug-likeness (QED) is 0.845. The van der Waals surface area contributed by atoms with Gasteiger partial charge in [-0.05, 0) is 49.9 Å². The molecular formula is C16H22O3. The van der Waals surface area contributed by atoms with Crippen LogP contribution in [0.1, 0.15) is 46.5 Å². The van der Waals surface area contributed by atoms with Crippen molar-refractivity contribution >= 4 is 11.8 Å². The molecule has 104 valence electrons. The van der Waals surface area contributed by atoms with E-state index in [1.807, 2.05) is 27.7 Å². The molecule has 3 nitrogen and oxygen atoms in total. The molecule has 0 bridgehead atoms. The van der Waals surface area contributed by atoms with E-state index < -0.39 is 17.8 Å². The summed E-state index contributed by atoms with van der Waals surface area (Å²) in [4.78, 5) is 23.6. The van der Waals surface area contributed by atoms with Gasteiger partial charge in [0.1, 0.15) is 0 Å². The van der Waals surface area contributed by atoms with Crippen LogP contribution in [0.5, 0.6) is 0 Å². The summed E-state index contributed by atoms with van der Waals surface area (Å²) in [5, 5.41) is 9.04. The first-order valence-electron chi connectivity index (χ1n) is 6.52. The predicted molar refractivity (Wildman–Crippen MR) is 75.7 cm³/mol. The highest BCUT2D eigenvalue weighted by atomic mass is 16.4. The monoisotopic (exact) mass is 262 g/mol. The first-order chi connectivity index (χ1) is 8.68. The van der Waals surface area contributed by atoms with Crippen molar-refractivity contribution in [3.8, 4) is 0 Å². The summed E-state index contributed by atoms with van der Waals surface area (Å²) in [5.41, 5.74) is 4.75. The van der Waals surface area contributed by atoms with Gasteiger partial charge in [-0.2, -0.15) is 0 Å². The second-order valence-corrected chi connectivity index (χ2v) is 5.42. The SMILES string of the molecule is Cc1cc(C)c(C)c(C(=O)C(C)C(C)C(=O)O)c1C. The number of benzene rings is 1. The maximum absolute atomic E-state index is 12.6. The van der Waals surface area contributed by atoms with E-state index in [1.165, 1.54) is 0 Å². The van der Waals surface area contributed by atoms with Gasteiger partial charge in [-0.15, -0.1) is 0 Å². The van der Waals surface area contributed by atoms with Gasteiger partial charge in [0.25, 0.3) is 0 Å². The minimum Gasteiger partial charge on any atom is -0.481 e. The predicted octanol–water partition coefficient (Wildman–Crippen LogP) is 3.46. The fourth-order valence-electron chi connectivity index (χ4n) is 2.26. The number of hydrogen-bond acceptors (Lipinski definition) is 2. The lowest BCUT2D eigenvalue weighted by Crippen LogP contribution is -2.26. The number of carbonyl (C=O) groups excluding carboxylic acids is 1. The summed E-state index contributed by atoms with van der Waals surface area (Å²) >= 11 is 0. The maximum atomic E-state index is 12.6. The van der Waals surface area contributed by atoms with Crippen LogP contribution >= 0.6 is 0 Å². The highest BCUT2D eigenvalue weighted by molar-refractivity contribution is 6.02. The minimum absolute atomic E-state index is 0.0725. The molecule has 0 saturated heterocycles. The van der Waals surface area contributed by atoms with Gasteiger partial charge in [0.05, 0.1) is 5.92 Å². The van der Waals surface area contributed by atoms with Crippen LogP contribution in [0.2, 0.25) is 0 Å². The third-order valence-electron chi connectivity index (χ3n) is 4.17. The van der Waals surface area contributed by atoms with Crippen molar-refractivity contribution in [3.05, 3.63) is 33.9 Å². The minimum atomic E-state index is -0.930. The molecule has 1 N–H and O–H groups in total. The summed E-state index contributed by atoms with van der Waals surface area (Å²) in [6.07, 6.45) is 0. The molecule has 1 rings (SSSR count). The second kappa shape index (κ2) is 5.55. The molecule has 3 heteroatoms. The Balaban J connectivity index is 3.31. The molecule has 1 aromatic carbocycles. The topological polar surface area (TPSA) is 54.4 Å². The lowest BCUT2D eigenvalue weighted by molar-refractivity contribution is -0.142. The van der Waals surface area contributed by atoms with Crippen LogP contribution in [0.3, 0.4) is 0 Å². The van der Waals surface area contributed by atoms with Gasteiger partial charge >= 0.3 is 5.97 Å². The molecule has 0 aliphatic rings. The van der Waals surface area contributed by atoms with Crippen molar-refractivity contribution < 1.29 is 14.7 Å². The Morgan fingerprint density at radius 2 is 1.37 bits per heavy atom. The third kappa shape index (κ3) is 2.86. The number of Topliss-reactive ketones (excluding diaryl/α,β-unsaturated/α-hetero) is 1. The van der Waals surface area contributed by atoms with E-state index in [2.05, 4.69) is 6.07 Å². The van der Waals surface area contributed by atoms with Gasteiger partial charge in [0, 0.05) is 11.5 Å². The molecule has 0 aliphatic heterocycles. The molecule has 19 heavy (non-hydrogen) atoms. The number of hydrogen-bond donors (Lipinski definition) is 1. The molecule has 2 unspecified atom stereocenters. The highest BCUT2D eigenvalue weighted by Gasteiger charge is 2.29. The van der Waals surface area contributed by atoms with E-state index in [-0.39, 0.29) is 5.78 Å². The molecule has 1 aromatic rings. The van der Waals surface area contributed by atoms with Crippen molar-refractivity contribution in [3.63, 3.8) is 0 Å². The van der Waals surface area contributed by atoms with Gasteiger partial charge in [-0.25, -0.2) is 0 Å². The lowest BCUT2D eigenvalue weighted by Gasteiger charge is -2.20.